The Hall–Kier alpha value is -1.76. The van der Waals surface area contributed by atoms with Gasteiger partial charge in [0.2, 0.25) is 0 Å². The first-order valence-corrected chi connectivity index (χ1v) is 7.86. The Bertz CT molecular complexity index is 713. The highest BCUT2D eigenvalue weighted by molar-refractivity contribution is 5.80. The maximum Gasteiger partial charge on any atom is 0.573 e. The van der Waals surface area contributed by atoms with Crippen molar-refractivity contribution in [2.75, 3.05) is 7.05 Å². The number of hydrogen-bond donors (Lipinski definition) is 0. The third kappa shape index (κ3) is 2.67. The normalized spacial score (nSPS) is 28.4. The van der Waals surface area contributed by atoms with E-state index in [1.807, 2.05) is 4.68 Å². The van der Waals surface area contributed by atoms with Crippen molar-refractivity contribution in [3.63, 3.8) is 0 Å². The van der Waals surface area contributed by atoms with Crippen molar-refractivity contribution in [2.24, 2.45) is 0 Å². The lowest BCUT2D eigenvalue weighted by Crippen LogP contribution is -2.40. The topological polar surface area (TPSA) is 30.3 Å². The molecule has 2 atom stereocenters. The minimum absolute atomic E-state index is 0.192. The van der Waals surface area contributed by atoms with Gasteiger partial charge in [0.15, 0.2) is 0 Å². The van der Waals surface area contributed by atoms with E-state index in [4.69, 9.17) is 0 Å². The fourth-order valence-electron chi connectivity index (χ4n) is 4.09. The quantitative estimate of drug-likeness (QED) is 0.843. The van der Waals surface area contributed by atoms with E-state index in [0.717, 1.165) is 18.2 Å². The molecule has 4 rings (SSSR count). The number of hydrogen-bond acceptors (Lipinski definition) is 3. The van der Waals surface area contributed by atoms with Gasteiger partial charge in [0, 0.05) is 23.5 Å². The van der Waals surface area contributed by atoms with Crippen LogP contribution in [0.15, 0.2) is 24.4 Å². The Kier molecular flexibility index (Phi) is 3.30. The highest BCUT2D eigenvalue weighted by Crippen LogP contribution is 2.40. The summed E-state index contributed by atoms with van der Waals surface area (Å²) in [5, 5.41) is 5.28. The van der Waals surface area contributed by atoms with E-state index in [1.54, 1.807) is 12.3 Å². The molecule has 1 aromatic carbocycles. The molecule has 0 radical (unpaired) electrons. The zero-order valence-electron chi connectivity index (χ0n) is 12.8. The minimum atomic E-state index is -4.68. The lowest BCUT2D eigenvalue weighted by molar-refractivity contribution is -0.274. The van der Waals surface area contributed by atoms with E-state index in [1.165, 1.54) is 25.0 Å². The molecule has 2 aliphatic heterocycles. The molecule has 0 aliphatic carbocycles. The Balaban J connectivity index is 1.66. The molecular formula is C16H18F3N3O. The van der Waals surface area contributed by atoms with Crippen LogP contribution in [0.1, 0.15) is 31.7 Å². The Morgan fingerprint density at radius 1 is 1.13 bits per heavy atom. The Morgan fingerprint density at radius 3 is 2.48 bits per heavy atom. The van der Waals surface area contributed by atoms with Crippen LogP contribution in [0.5, 0.6) is 5.75 Å². The lowest BCUT2D eigenvalue weighted by atomic mass is 9.98. The Morgan fingerprint density at radius 2 is 1.83 bits per heavy atom. The van der Waals surface area contributed by atoms with Gasteiger partial charge >= 0.3 is 6.36 Å². The highest BCUT2D eigenvalue weighted by atomic mass is 19.4. The van der Waals surface area contributed by atoms with Crippen molar-refractivity contribution < 1.29 is 17.9 Å². The van der Waals surface area contributed by atoms with Crippen molar-refractivity contribution in [1.29, 1.82) is 0 Å². The fraction of sp³-hybridized carbons (Fsp3) is 0.562. The molecule has 4 nitrogen and oxygen atoms in total. The zero-order chi connectivity index (χ0) is 16.2. The first-order chi connectivity index (χ1) is 10.9. The zero-order valence-corrected chi connectivity index (χ0v) is 12.8. The molecule has 0 amide bonds. The number of benzene rings is 1. The van der Waals surface area contributed by atoms with E-state index >= 15 is 0 Å². The van der Waals surface area contributed by atoms with Gasteiger partial charge in [-0.05, 0) is 44.9 Å². The highest BCUT2D eigenvalue weighted by Gasteiger charge is 2.39. The van der Waals surface area contributed by atoms with E-state index in [9.17, 15) is 13.2 Å². The second-order valence-corrected chi connectivity index (χ2v) is 6.53. The van der Waals surface area contributed by atoms with Crippen LogP contribution in [-0.4, -0.2) is 40.2 Å². The molecule has 3 heterocycles. The summed E-state index contributed by atoms with van der Waals surface area (Å²) < 4.78 is 43.2. The lowest BCUT2D eigenvalue weighted by Gasteiger charge is -2.36. The molecule has 2 saturated heterocycles. The molecular weight excluding hydrogens is 307 g/mol. The number of fused-ring (bicyclic) bond motifs is 3. The van der Waals surface area contributed by atoms with Crippen LogP contribution in [0.25, 0.3) is 10.9 Å². The number of piperidine rings is 1. The maximum absolute atomic E-state index is 12.4. The van der Waals surface area contributed by atoms with E-state index in [-0.39, 0.29) is 11.8 Å². The average molecular weight is 325 g/mol. The second kappa shape index (κ2) is 5.12. The van der Waals surface area contributed by atoms with Crippen molar-refractivity contribution >= 4 is 10.9 Å². The number of alkyl halides is 3. The van der Waals surface area contributed by atoms with Gasteiger partial charge in [-0.15, -0.1) is 13.2 Å². The van der Waals surface area contributed by atoms with Gasteiger partial charge in [0.1, 0.15) is 5.75 Å². The van der Waals surface area contributed by atoms with Gasteiger partial charge in [0.05, 0.1) is 17.8 Å². The van der Waals surface area contributed by atoms with E-state index in [0.29, 0.717) is 17.6 Å². The molecule has 0 spiro atoms. The van der Waals surface area contributed by atoms with Gasteiger partial charge < -0.3 is 9.64 Å². The van der Waals surface area contributed by atoms with Crippen LogP contribution in [0.4, 0.5) is 13.2 Å². The fourth-order valence-corrected chi connectivity index (χ4v) is 4.09. The molecule has 2 aliphatic rings. The van der Waals surface area contributed by atoms with E-state index in [2.05, 4.69) is 21.8 Å². The van der Waals surface area contributed by atoms with Crippen LogP contribution < -0.4 is 4.74 Å². The summed E-state index contributed by atoms with van der Waals surface area (Å²) in [6.07, 6.45) is 1.42. The van der Waals surface area contributed by atoms with Crippen molar-refractivity contribution in [3.05, 3.63) is 24.4 Å². The van der Waals surface area contributed by atoms with Gasteiger partial charge in [-0.1, -0.05) is 0 Å². The van der Waals surface area contributed by atoms with Crippen LogP contribution >= 0.6 is 0 Å². The number of halogens is 3. The average Bonchev–Trinajstić information content (AvgIpc) is 2.94. The summed E-state index contributed by atoms with van der Waals surface area (Å²) in [5.41, 5.74) is 0.709. The summed E-state index contributed by atoms with van der Waals surface area (Å²) in [4.78, 5) is 2.43. The van der Waals surface area contributed by atoms with Crippen LogP contribution in [0.3, 0.4) is 0 Å². The SMILES string of the molecule is CN1C2CCC1CC(n1ncc3ccc(OC(F)(F)F)cc31)C2. The molecule has 0 saturated carbocycles. The predicted octanol–water partition coefficient (Wildman–Crippen LogP) is 3.73. The predicted molar refractivity (Wildman–Crippen MR) is 79.3 cm³/mol. The third-order valence-corrected chi connectivity index (χ3v) is 5.22. The molecule has 2 unspecified atom stereocenters. The van der Waals surface area contributed by atoms with Gasteiger partial charge in [0.25, 0.3) is 0 Å². The third-order valence-electron chi connectivity index (χ3n) is 5.22. The summed E-state index contributed by atoms with van der Waals surface area (Å²) in [6, 6.07) is 5.74. The van der Waals surface area contributed by atoms with Gasteiger partial charge in [-0.2, -0.15) is 5.10 Å². The standard InChI is InChI=1S/C16H18F3N3O/c1-21-11-3-4-12(21)7-13(6-11)22-15-8-14(23-16(17,18)19)5-2-10(15)9-20-22/h2,5,8-9,11-13H,3-4,6-7H2,1H3. The smallest absolute Gasteiger partial charge is 0.406 e. The summed E-state index contributed by atoms with van der Waals surface area (Å²) >= 11 is 0. The molecule has 23 heavy (non-hydrogen) atoms. The summed E-state index contributed by atoms with van der Waals surface area (Å²) in [5.74, 6) is -0.192. The van der Waals surface area contributed by atoms with E-state index < -0.39 is 6.36 Å². The molecule has 7 heteroatoms. The maximum atomic E-state index is 12.4. The van der Waals surface area contributed by atoms with Gasteiger partial charge in [-0.3, -0.25) is 4.68 Å². The largest absolute Gasteiger partial charge is 0.573 e. The molecule has 0 N–H and O–H groups in total. The van der Waals surface area contributed by atoms with Crippen molar-refractivity contribution in [1.82, 2.24) is 14.7 Å². The molecule has 2 aromatic rings. The second-order valence-electron chi connectivity index (χ2n) is 6.53. The van der Waals surface area contributed by atoms with Crippen LogP contribution in [0.2, 0.25) is 0 Å². The molecule has 2 fully saturated rings. The van der Waals surface area contributed by atoms with Crippen LogP contribution in [0, 0.1) is 0 Å². The number of nitrogens with zero attached hydrogens (tertiary/aromatic N) is 3. The van der Waals surface area contributed by atoms with Crippen LogP contribution in [-0.2, 0) is 0 Å². The summed E-state index contributed by atoms with van der Waals surface area (Å²) in [6.45, 7) is 0. The number of aromatic nitrogens is 2. The first kappa shape index (κ1) is 14.8. The monoisotopic (exact) mass is 325 g/mol. The molecule has 124 valence electrons. The van der Waals surface area contributed by atoms with Gasteiger partial charge in [-0.25, -0.2) is 0 Å². The van der Waals surface area contributed by atoms with Crippen molar-refractivity contribution in [3.8, 4) is 5.75 Å². The summed E-state index contributed by atoms with van der Waals surface area (Å²) in [7, 11) is 2.16. The molecule has 1 aromatic heterocycles. The minimum Gasteiger partial charge on any atom is -0.406 e. The number of ether oxygens (including phenoxy) is 1. The Labute approximate surface area is 131 Å². The number of rotatable bonds is 2. The first-order valence-electron chi connectivity index (χ1n) is 7.86. The molecule has 2 bridgehead atoms. The van der Waals surface area contributed by atoms with Crippen molar-refractivity contribution in [2.45, 2.75) is 50.2 Å².